The van der Waals surface area contributed by atoms with Gasteiger partial charge < -0.3 is 15.7 Å². The molecule has 0 aromatic carbocycles. The molecule has 0 aromatic heterocycles. The summed E-state index contributed by atoms with van der Waals surface area (Å²) < 4.78 is 0. The summed E-state index contributed by atoms with van der Waals surface area (Å²) in [5.41, 5.74) is 0. The molecule has 1 unspecified atom stereocenters. The van der Waals surface area contributed by atoms with Gasteiger partial charge in [0.15, 0.2) is 0 Å². The topological polar surface area (TPSA) is 125 Å². The molecule has 20 heavy (non-hydrogen) atoms. The van der Waals surface area contributed by atoms with Gasteiger partial charge in [-0.3, -0.25) is 14.9 Å². The maximum Gasteiger partial charge on any atom is 0.327 e. The number of thioether (sulfide) groups is 1. The van der Waals surface area contributed by atoms with Crippen LogP contribution in [0.25, 0.3) is 0 Å². The lowest BCUT2D eigenvalue weighted by molar-refractivity contribution is -0.140. The lowest BCUT2D eigenvalue weighted by Gasteiger charge is -2.12. The van der Waals surface area contributed by atoms with Gasteiger partial charge in [0.05, 0.1) is 5.75 Å². The van der Waals surface area contributed by atoms with Crippen LogP contribution in [0.3, 0.4) is 0 Å². The summed E-state index contributed by atoms with van der Waals surface area (Å²) in [6.07, 6.45) is 1.85. The largest absolute Gasteiger partial charge is 0.480 e. The molecule has 0 bridgehead atoms. The molecule has 1 saturated carbocycles. The fourth-order valence-electron chi connectivity index (χ4n) is 1.30. The fourth-order valence-corrected chi connectivity index (χ4v) is 2.14. The van der Waals surface area contributed by atoms with Crippen LogP contribution in [0, 0.1) is 0 Å². The van der Waals surface area contributed by atoms with E-state index in [2.05, 4.69) is 16.0 Å². The second-order valence-corrected chi connectivity index (χ2v) is 5.43. The van der Waals surface area contributed by atoms with Crippen molar-refractivity contribution in [3.05, 3.63) is 0 Å². The van der Waals surface area contributed by atoms with Crippen LogP contribution in [-0.2, 0) is 14.4 Å². The first-order valence-corrected chi connectivity index (χ1v) is 7.22. The normalized spacial score (nSPS) is 15.1. The number of rotatable bonds is 7. The zero-order valence-electron chi connectivity index (χ0n) is 11.0. The van der Waals surface area contributed by atoms with E-state index in [4.69, 9.17) is 5.11 Å². The smallest absolute Gasteiger partial charge is 0.327 e. The van der Waals surface area contributed by atoms with Crippen molar-refractivity contribution in [2.45, 2.75) is 31.8 Å². The van der Waals surface area contributed by atoms with E-state index in [1.807, 2.05) is 0 Å². The van der Waals surface area contributed by atoms with E-state index in [1.54, 1.807) is 0 Å². The van der Waals surface area contributed by atoms with E-state index in [1.165, 1.54) is 6.92 Å². The Hall–Kier alpha value is -1.77. The minimum Gasteiger partial charge on any atom is -0.480 e. The highest BCUT2D eigenvalue weighted by Gasteiger charge is 2.24. The maximum atomic E-state index is 11.4. The number of carbonyl (C=O) groups is 4. The molecule has 0 saturated heterocycles. The highest BCUT2D eigenvalue weighted by Crippen LogP contribution is 2.18. The van der Waals surface area contributed by atoms with Crippen LogP contribution in [0.5, 0.6) is 0 Å². The Morgan fingerprint density at radius 3 is 2.45 bits per heavy atom. The molecule has 4 N–H and O–H groups in total. The van der Waals surface area contributed by atoms with Crippen LogP contribution in [0.2, 0.25) is 0 Å². The van der Waals surface area contributed by atoms with Crippen molar-refractivity contribution in [2.24, 2.45) is 0 Å². The van der Waals surface area contributed by atoms with Crippen LogP contribution < -0.4 is 16.0 Å². The van der Waals surface area contributed by atoms with Crippen molar-refractivity contribution in [1.29, 1.82) is 0 Å². The summed E-state index contributed by atoms with van der Waals surface area (Å²) in [4.78, 5) is 44.3. The summed E-state index contributed by atoms with van der Waals surface area (Å²) >= 11 is 1.03. The Morgan fingerprint density at radius 1 is 1.30 bits per heavy atom. The Balaban J connectivity index is 2.19. The van der Waals surface area contributed by atoms with Crippen molar-refractivity contribution in [1.82, 2.24) is 16.0 Å². The van der Waals surface area contributed by atoms with Gasteiger partial charge in [0.1, 0.15) is 6.04 Å². The lowest BCUT2D eigenvalue weighted by Crippen LogP contribution is -2.43. The molecule has 1 atom stereocenters. The summed E-state index contributed by atoms with van der Waals surface area (Å²) in [5, 5.41) is 15.9. The van der Waals surface area contributed by atoms with Gasteiger partial charge in [-0.05, 0) is 12.8 Å². The zero-order valence-corrected chi connectivity index (χ0v) is 11.8. The maximum absolute atomic E-state index is 11.4. The Kier molecular flexibility index (Phi) is 6.29. The minimum atomic E-state index is -1.17. The van der Waals surface area contributed by atoms with Gasteiger partial charge in [-0.1, -0.05) is 0 Å². The van der Waals surface area contributed by atoms with E-state index in [-0.39, 0.29) is 17.5 Å². The molecular formula is C11H17N3O5S. The van der Waals surface area contributed by atoms with Gasteiger partial charge in [0.2, 0.25) is 11.8 Å². The van der Waals surface area contributed by atoms with E-state index >= 15 is 0 Å². The molecule has 8 nitrogen and oxygen atoms in total. The van der Waals surface area contributed by atoms with E-state index in [0.717, 1.165) is 24.6 Å². The van der Waals surface area contributed by atoms with Gasteiger partial charge in [0.25, 0.3) is 0 Å². The summed E-state index contributed by atoms with van der Waals surface area (Å²) in [6.45, 7) is 1.22. The second kappa shape index (κ2) is 7.73. The van der Waals surface area contributed by atoms with Crippen molar-refractivity contribution in [3.8, 4) is 0 Å². The average molecular weight is 303 g/mol. The quantitative estimate of drug-likeness (QED) is 0.493. The van der Waals surface area contributed by atoms with E-state index < -0.39 is 29.9 Å². The third-order valence-corrected chi connectivity index (χ3v) is 3.39. The molecule has 112 valence electrons. The van der Waals surface area contributed by atoms with Crippen molar-refractivity contribution < 1.29 is 24.3 Å². The number of nitrogens with one attached hydrogen (secondary N) is 3. The van der Waals surface area contributed by atoms with Crippen LogP contribution >= 0.6 is 11.8 Å². The van der Waals surface area contributed by atoms with Crippen molar-refractivity contribution in [2.75, 3.05) is 11.5 Å². The number of hydrogen-bond acceptors (Lipinski definition) is 5. The van der Waals surface area contributed by atoms with Crippen LogP contribution in [0.15, 0.2) is 0 Å². The van der Waals surface area contributed by atoms with Gasteiger partial charge in [-0.15, -0.1) is 11.8 Å². The standard InChI is InChI=1S/C11H17N3O5S/c1-6(15)12-8(10(17)18)4-20-5-9(16)14-11(19)13-7-2-3-7/h7-8H,2-5H2,1H3,(H,12,15)(H,17,18)(H2,13,14,16,19). The van der Waals surface area contributed by atoms with Gasteiger partial charge in [0, 0.05) is 18.7 Å². The molecule has 1 fully saturated rings. The van der Waals surface area contributed by atoms with Crippen LogP contribution in [0.1, 0.15) is 19.8 Å². The SMILES string of the molecule is CC(=O)NC(CSCC(=O)NC(=O)NC1CC1)C(=O)O. The molecule has 0 radical (unpaired) electrons. The molecule has 1 rings (SSSR count). The molecular weight excluding hydrogens is 286 g/mol. The number of carboxylic acids is 1. The molecule has 1 aliphatic rings. The Bertz CT molecular complexity index is 411. The van der Waals surface area contributed by atoms with Crippen molar-refractivity contribution >= 4 is 35.6 Å². The number of hydrogen-bond donors (Lipinski definition) is 4. The third-order valence-electron chi connectivity index (χ3n) is 2.36. The fraction of sp³-hybridized carbons (Fsp3) is 0.636. The summed E-state index contributed by atoms with van der Waals surface area (Å²) in [6, 6.07) is -1.42. The zero-order chi connectivity index (χ0) is 15.1. The van der Waals surface area contributed by atoms with E-state index in [9.17, 15) is 19.2 Å². The molecule has 0 aliphatic heterocycles. The van der Waals surface area contributed by atoms with Crippen LogP contribution in [0.4, 0.5) is 4.79 Å². The first kappa shape index (κ1) is 16.3. The number of amides is 4. The Labute approximate surface area is 120 Å². The first-order chi connectivity index (χ1) is 9.38. The number of aliphatic carboxylic acids is 1. The number of urea groups is 1. The third kappa shape index (κ3) is 6.98. The monoisotopic (exact) mass is 303 g/mol. The van der Waals surface area contributed by atoms with Gasteiger partial charge in [-0.25, -0.2) is 9.59 Å². The predicted octanol–water partition coefficient (Wildman–Crippen LogP) is -0.703. The first-order valence-electron chi connectivity index (χ1n) is 6.06. The molecule has 1 aliphatic carbocycles. The molecule has 0 spiro atoms. The Morgan fingerprint density at radius 2 is 1.95 bits per heavy atom. The number of carboxylic acid groups (broad SMARTS) is 1. The lowest BCUT2D eigenvalue weighted by atomic mass is 10.3. The van der Waals surface area contributed by atoms with Crippen LogP contribution in [-0.4, -0.2) is 52.5 Å². The summed E-state index contributed by atoms with van der Waals surface area (Å²) in [7, 11) is 0. The van der Waals surface area contributed by atoms with Gasteiger partial charge >= 0.3 is 12.0 Å². The molecule has 9 heteroatoms. The highest BCUT2D eigenvalue weighted by atomic mass is 32.2. The van der Waals surface area contributed by atoms with Gasteiger partial charge in [-0.2, -0.15) is 0 Å². The predicted molar refractivity (Wildman–Crippen MR) is 72.3 cm³/mol. The van der Waals surface area contributed by atoms with Crippen molar-refractivity contribution in [3.63, 3.8) is 0 Å². The molecule has 0 heterocycles. The molecule has 4 amide bonds. The molecule has 0 aromatic rings. The second-order valence-electron chi connectivity index (χ2n) is 4.40. The highest BCUT2D eigenvalue weighted by molar-refractivity contribution is 8.00. The number of imide groups is 1. The number of carbonyl (C=O) groups excluding carboxylic acids is 3. The average Bonchev–Trinajstić information content (AvgIpc) is 3.10. The minimum absolute atomic E-state index is 0.0482. The van der Waals surface area contributed by atoms with E-state index in [0.29, 0.717) is 0 Å². The summed E-state index contributed by atoms with van der Waals surface area (Å²) in [5.74, 6) is -2.13.